The van der Waals surface area contributed by atoms with E-state index in [2.05, 4.69) is 5.32 Å². The fraction of sp³-hybridized carbons (Fsp3) is 0.433. The second kappa shape index (κ2) is 14.6. The van der Waals surface area contributed by atoms with Gasteiger partial charge >= 0.3 is 12.2 Å². The lowest BCUT2D eigenvalue weighted by atomic mass is 9.85. The highest BCUT2D eigenvalue weighted by atomic mass is 19.4. The number of alkyl halides is 3. The zero-order valence-electron chi connectivity index (χ0n) is 24.7. The number of amides is 5. The van der Waals surface area contributed by atoms with Crippen molar-refractivity contribution in [3.05, 3.63) is 70.5 Å². The summed E-state index contributed by atoms with van der Waals surface area (Å²) in [5.74, 6) is -3.33. The molecule has 5 amide bonds. The first-order valence-electron chi connectivity index (χ1n) is 13.9. The quantitative estimate of drug-likeness (QED) is 0.383. The Morgan fingerprint density at radius 3 is 2.23 bits per heavy atom. The minimum Gasteiger partial charge on any atom is -0.343 e. The molecule has 2 fully saturated rings. The number of benzene rings is 2. The lowest BCUT2D eigenvalue weighted by Crippen LogP contribution is -2.57. The van der Waals surface area contributed by atoms with Crippen LogP contribution in [0.1, 0.15) is 67.6 Å². The SMILES string of the molecule is CC.CC.CN1C(=O)N(Cc2cccc(C#N)c2)C2(CCN(C(=O)CNC(=O)c3cc(C(F)(F)F)ccc3F)CC2)C1=O. The molecular weight excluding hydrogens is 570 g/mol. The number of carbonyl (C=O) groups excluding carboxylic acids is 4. The van der Waals surface area contributed by atoms with Crippen LogP contribution in [-0.4, -0.2) is 70.7 Å². The number of likely N-dealkylation sites (tertiary alicyclic amines) is 1. The molecule has 2 aromatic carbocycles. The number of nitrogens with one attached hydrogen (secondary N) is 1. The van der Waals surface area contributed by atoms with Crippen LogP contribution in [0.2, 0.25) is 0 Å². The van der Waals surface area contributed by atoms with Crippen molar-refractivity contribution >= 4 is 23.8 Å². The predicted octanol–water partition coefficient (Wildman–Crippen LogP) is 4.95. The average molecular weight is 606 g/mol. The molecule has 2 heterocycles. The monoisotopic (exact) mass is 605 g/mol. The third-order valence-corrected chi connectivity index (χ3v) is 7.02. The zero-order valence-corrected chi connectivity index (χ0v) is 24.7. The van der Waals surface area contributed by atoms with Crippen LogP contribution >= 0.6 is 0 Å². The van der Waals surface area contributed by atoms with Crippen LogP contribution in [0, 0.1) is 17.1 Å². The molecule has 0 bridgehead atoms. The largest absolute Gasteiger partial charge is 0.416 e. The van der Waals surface area contributed by atoms with E-state index in [0.717, 1.165) is 4.90 Å². The van der Waals surface area contributed by atoms with E-state index < -0.39 is 59.0 Å². The van der Waals surface area contributed by atoms with E-state index in [1.807, 2.05) is 33.8 Å². The Morgan fingerprint density at radius 1 is 1.02 bits per heavy atom. The Hall–Kier alpha value is -4.47. The van der Waals surface area contributed by atoms with Crippen molar-refractivity contribution < 1.29 is 36.7 Å². The molecule has 2 aliphatic rings. The summed E-state index contributed by atoms with van der Waals surface area (Å²) in [5, 5.41) is 11.3. The molecule has 1 spiro atoms. The van der Waals surface area contributed by atoms with Gasteiger partial charge in [-0.15, -0.1) is 0 Å². The Balaban J connectivity index is 0.00000155. The normalized spacial score (nSPS) is 15.7. The van der Waals surface area contributed by atoms with Gasteiger partial charge in [0.25, 0.3) is 11.8 Å². The van der Waals surface area contributed by atoms with Crippen LogP contribution in [-0.2, 0) is 22.3 Å². The van der Waals surface area contributed by atoms with E-state index in [9.17, 15) is 36.7 Å². The summed E-state index contributed by atoms with van der Waals surface area (Å²) in [4.78, 5) is 54.9. The summed E-state index contributed by atoms with van der Waals surface area (Å²) in [6, 6.07) is 9.59. The van der Waals surface area contributed by atoms with E-state index >= 15 is 0 Å². The fourth-order valence-electron chi connectivity index (χ4n) is 4.87. The molecule has 0 atom stereocenters. The second-order valence-corrected chi connectivity index (χ2v) is 9.33. The van der Waals surface area contributed by atoms with Gasteiger partial charge in [-0.25, -0.2) is 9.18 Å². The van der Waals surface area contributed by atoms with Crippen LogP contribution in [0.3, 0.4) is 0 Å². The van der Waals surface area contributed by atoms with Gasteiger partial charge in [-0.3, -0.25) is 19.3 Å². The molecule has 232 valence electrons. The Kier molecular flexibility index (Phi) is 11.8. The number of rotatable bonds is 5. The fourth-order valence-corrected chi connectivity index (χ4v) is 4.87. The van der Waals surface area contributed by atoms with Crippen LogP contribution in [0.15, 0.2) is 42.5 Å². The number of urea groups is 1. The predicted molar refractivity (Wildman–Crippen MR) is 150 cm³/mol. The summed E-state index contributed by atoms with van der Waals surface area (Å²) in [6.07, 6.45) is -4.55. The molecule has 43 heavy (non-hydrogen) atoms. The number of piperidine rings is 1. The molecular formula is C30H35F4N5O4. The molecule has 2 aliphatic heterocycles. The van der Waals surface area contributed by atoms with Gasteiger partial charge < -0.3 is 15.1 Å². The lowest BCUT2D eigenvalue weighted by molar-refractivity contribution is -0.140. The molecule has 13 heteroatoms. The highest BCUT2D eigenvalue weighted by Crippen LogP contribution is 2.38. The van der Waals surface area contributed by atoms with Crippen molar-refractivity contribution in [3.8, 4) is 6.07 Å². The van der Waals surface area contributed by atoms with Crippen LogP contribution in [0.5, 0.6) is 0 Å². The smallest absolute Gasteiger partial charge is 0.343 e. The van der Waals surface area contributed by atoms with Crippen molar-refractivity contribution in [2.75, 3.05) is 26.7 Å². The lowest BCUT2D eigenvalue weighted by Gasteiger charge is -2.42. The van der Waals surface area contributed by atoms with Gasteiger partial charge in [0.1, 0.15) is 11.4 Å². The van der Waals surface area contributed by atoms with E-state index in [1.165, 1.54) is 16.8 Å². The maximum absolute atomic E-state index is 14.0. The van der Waals surface area contributed by atoms with Crippen molar-refractivity contribution in [1.82, 2.24) is 20.0 Å². The van der Waals surface area contributed by atoms with E-state index in [0.29, 0.717) is 29.3 Å². The third kappa shape index (κ3) is 7.49. The van der Waals surface area contributed by atoms with Crippen LogP contribution in [0.25, 0.3) is 0 Å². The van der Waals surface area contributed by atoms with Crippen molar-refractivity contribution in [3.63, 3.8) is 0 Å². The van der Waals surface area contributed by atoms with Gasteiger partial charge in [-0.1, -0.05) is 39.8 Å². The minimum absolute atomic E-state index is 0.0637. The first-order chi connectivity index (χ1) is 20.4. The highest BCUT2D eigenvalue weighted by Gasteiger charge is 2.57. The molecule has 0 aromatic heterocycles. The summed E-state index contributed by atoms with van der Waals surface area (Å²) >= 11 is 0. The summed E-state index contributed by atoms with van der Waals surface area (Å²) in [6.45, 7) is 7.61. The number of carbonyl (C=O) groups is 4. The van der Waals surface area contributed by atoms with Crippen molar-refractivity contribution in [1.29, 1.82) is 5.26 Å². The highest BCUT2D eigenvalue weighted by molar-refractivity contribution is 6.07. The number of nitrogens with zero attached hydrogens (tertiary/aromatic N) is 4. The summed E-state index contributed by atoms with van der Waals surface area (Å²) in [5.41, 5.74) is -2.18. The van der Waals surface area contributed by atoms with Gasteiger partial charge in [0.15, 0.2) is 0 Å². The van der Waals surface area contributed by atoms with E-state index in [-0.39, 0.29) is 32.5 Å². The third-order valence-electron chi connectivity index (χ3n) is 7.02. The van der Waals surface area contributed by atoms with E-state index in [4.69, 9.17) is 5.26 Å². The maximum atomic E-state index is 14.0. The average Bonchev–Trinajstić information content (AvgIpc) is 3.18. The Labute approximate surface area is 248 Å². The van der Waals surface area contributed by atoms with Gasteiger partial charge in [0, 0.05) is 26.7 Å². The molecule has 2 saturated heterocycles. The van der Waals surface area contributed by atoms with Gasteiger partial charge in [-0.2, -0.15) is 18.4 Å². The summed E-state index contributed by atoms with van der Waals surface area (Å²) in [7, 11) is 1.37. The van der Waals surface area contributed by atoms with Crippen LogP contribution in [0.4, 0.5) is 22.4 Å². The molecule has 0 saturated carbocycles. The minimum atomic E-state index is -4.78. The summed E-state index contributed by atoms with van der Waals surface area (Å²) < 4.78 is 52.8. The number of nitriles is 1. The van der Waals surface area contributed by atoms with Gasteiger partial charge in [-0.05, 0) is 48.7 Å². The number of hydrogen-bond acceptors (Lipinski definition) is 5. The standard InChI is InChI=1S/C26H23F4N5O4.2C2H6/c1-33-23(38)25(35(24(33)39)15-17-4-2-3-16(11-17)13-31)7-9-34(10-8-25)21(36)14-32-22(37)19-12-18(26(28,29)30)5-6-20(19)27;2*1-2/h2-6,11-12H,7-10,14-15H2,1H3,(H,32,37);2*1-2H3. The first kappa shape index (κ1) is 34.7. The molecule has 2 aromatic rings. The number of imide groups is 1. The molecule has 9 nitrogen and oxygen atoms in total. The Morgan fingerprint density at radius 2 is 1.65 bits per heavy atom. The molecule has 0 unspecified atom stereocenters. The van der Waals surface area contributed by atoms with Crippen molar-refractivity contribution in [2.24, 2.45) is 0 Å². The Bertz CT molecular complexity index is 1380. The van der Waals surface area contributed by atoms with Gasteiger partial charge in [0.05, 0.1) is 29.3 Å². The maximum Gasteiger partial charge on any atom is 0.416 e. The zero-order chi connectivity index (χ0) is 32.5. The number of hydrogen-bond donors (Lipinski definition) is 1. The molecule has 1 N–H and O–H groups in total. The molecule has 0 radical (unpaired) electrons. The van der Waals surface area contributed by atoms with E-state index in [1.54, 1.807) is 24.3 Å². The number of likely N-dealkylation sites (N-methyl/N-ethyl adjacent to an activating group) is 1. The van der Waals surface area contributed by atoms with Crippen molar-refractivity contribution in [2.45, 2.75) is 58.8 Å². The second-order valence-electron chi connectivity index (χ2n) is 9.33. The van der Waals surface area contributed by atoms with Crippen LogP contribution < -0.4 is 5.32 Å². The first-order valence-corrected chi connectivity index (χ1v) is 13.9. The molecule has 4 rings (SSSR count). The topological polar surface area (TPSA) is 114 Å². The molecule has 0 aliphatic carbocycles. The number of halogens is 4. The van der Waals surface area contributed by atoms with Gasteiger partial charge in [0.2, 0.25) is 5.91 Å².